The van der Waals surface area contributed by atoms with Crippen molar-refractivity contribution >= 4 is 38.3 Å². The average Bonchev–Trinajstić information content (AvgIpc) is 2.96. The fourth-order valence-electron chi connectivity index (χ4n) is 2.36. The van der Waals surface area contributed by atoms with Crippen molar-refractivity contribution in [2.45, 2.75) is 0 Å². The minimum Gasteiger partial charge on any atom is -0.495 e. The van der Waals surface area contributed by atoms with Gasteiger partial charge in [-0.05, 0) is 18.2 Å². The van der Waals surface area contributed by atoms with Crippen LogP contribution in [0.4, 0.5) is 0 Å². The van der Waals surface area contributed by atoms with E-state index in [4.69, 9.17) is 14.2 Å². The van der Waals surface area contributed by atoms with E-state index in [2.05, 4.69) is 4.98 Å². The Balaban J connectivity index is 2.47. The van der Waals surface area contributed by atoms with Crippen LogP contribution < -0.4 is 9.47 Å². The van der Waals surface area contributed by atoms with Crippen LogP contribution in [-0.2, 0) is 4.74 Å². The molecule has 2 aromatic heterocycles. The molecular weight excluding hydrogens is 290 g/mol. The van der Waals surface area contributed by atoms with Crippen molar-refractivity contribution in [2.75, 3.05) is 21.3 Å². The summed E-state index contributed by atoms with van der Waals surface area (Å²) in [5.74, 6) is 0.944. The first kappa shape index (κ1) is 13.6. The van der Waals surface area contributed by atoms with Gasteiger partial charge in [0, 0.05) is 17.0 Å². The maximum Gasteiger partial charge on any atom is 0.348 e. The highest BCUT2D eigenvalue weighted by Crippen LogP contribution is 2.45. The molecule has 0 fully saturated rings. The van der Waals surface area contributed by atoms with Crippen LogP contribution in [0.1, 0.15) is 9.67 Å². The van der Waals surface area contributed by atoms with Gasteiger partial charge in [0.25, 0.3) is 0 Å². The van der Waals surface area contributed by atoms with Crippen molar-refractivity contribution in [3.63, 3.8) is 0 Å². The van der Waals surface area contributed by atoms with Gasteiger partial charge in [-0.3, -0.25) is 4.98 Å². The fourth-order valence-corrected chi connectivity index (χ4v) is 3.47. The van der Waals surface area contributed by atoms with E-state index in [9.17, 15) is 4.79 Å². The van der Waals surface area contributed by atoms with Gasteiger partial charge in [0.1, 0.15) is 16.1 Å². The fraction of sp³-hybridized carbons (Fsp3) is 0.200. The summed E-state index contributed by atoms with van der Waals surface area (Å²) in [5, 5.41) is 1.65. The van der Waals surface area contributed by atoms with E-state index in [0.29, 0.717) is 21.9 Å². The Morgan fingerprint density at radius 1 is 1.14 bits per heavy atom. The van der Waals surface area contributed by atoms with E-state index in [1.807, 2.05) is 12.1 Å². The Morgan fingerprint density at radius 2 is 1.90 bits per heavy atom. The van der Waals surface area contributed by atoms with Gasteiger partial charge in [-0.15, -0.1) is 11.3 Å². The summed E-state index contributed by atoms with van der Waals surface area (Å²) >= 11 is 1.32. The lowest BCUT2D eigenvalue weighted by Crippen LogP contribution is -1.96. The number of ether oxygens (including phenoxy) is 3. The Morgan fingerprint density at radius 3 is 2.57 bits per heavy atom. The van der Waals surface area contributed by atoms with Gasteiger partial charge >= 0.3 is 5.97 Å². The molecule has 0 amide bonds. The maximum atomic E-state index is 11.8. The molecule has 2 heterocycles. The summed E-state index contributed by atoms with van der Waals surface area (Å²) in [6.45, 7) is 0. The smallest absolute Gasteiger partial charge is 0.348 e. The van der Waals surface area contributed by atoms with Gasteiger partial charge in [0.15, 0.2) is 5.75 Å². The van der Waals surface area contributed by atoms with Crippen LogP contribution in [0.2, 0.25) is 0 Å². The molecular formula is C15H13NO4S. The molecule has 0 aliphatic heterocycles. The molecule has 0 N–H and O–H groups in total. The summed E-state index contributed by atoms with van der Waals surface area (Å²) in [4.78, 5) is 16.6. The molecule has 0 radical (unpaired) electrons. The predicted octanol–water partition coefficient (Wildman–Crippen LogP) is 3.25. The molecule has 5 nitrogen and oxygen atoms in total. The van der Waals surface area contributed by atoms with Crippen molar-refractivity contribution in [1.29, 1.82) is 0 Å². The highest BCUT2D eigenvalue weighted by molar-refractivity contribution is 7.21. The number of benzene rings is 1. The monoisotopic (exact) mass is 303 g/mol. The summed E-state index contributed by atoms with van der Waals surface area (Å²) < 4.78 is 16.7. The lowest BCUT2D eigenvalue weighted by molar-refractivity contribution is 0.0606. The molecule has 1 aromatic carbocycles. The summed E-state index contributed by atoms with van der Waals surface area (Å²) in [6, 6.07) is 5.51. The van der Waals surface area contributed by atoms with Crippen LogP contribution in [-0.4, -0.2) is 32.3 Å². The van der Waals surface area contributed by atoms with Crippen LogP contribution >= 0.6 is 11.3 Å². The third-order valence-corrected chi connectivity index (χ3v) is 4.36. The SMILES string of the molecule is COC(=O)c1cc2c(OC)c3ncccc3c(OC)c2s1. The van der Waals surface area contributed by atoms with E-state index in [1.165, 1.54) is 18.4 Å². The number of thiophene rings is 1. The Bertz CT molecular complexity index is 780. The maximum absolute atomic E-state index is 11.8. The molecule has 0 saturated heterocycles. The van der Waals surface area contributed by atoms with Crippen LogP contribution in [0.25, 0.3) is 21.0 Å². The molecule has 3 aromatic rings. The minimum atomic E-state index is -0.377. The van der Waals surface area contributed by atoms with Crippen LogP contribution in [0, 0.1) is 0 Å². The van der Waals surface area contributed by atoms with E-state index in [1.54, 1.807) is 26.5 Å². The molecule has 0 saturated carbocycles. The second-order valence-corrected chi connectivity index (χ2v) is 5.36. The standard InChI is InChI=1S/C15H13NO4S/c1-18-12-9-7-10(15(17)20-3)21-14(9)13(19-2)8-5-4-6-16-11(8)12/h4-7H,1-3H3. The van der Waals surface area contributed by atoms with E-state index in [-0.39, 0.29) is 5.97 Å². The molecule has 0 aliphatic carbocycles. The third-order valence-electron chi connectivity index (χ3n) is 3.25. The number of fused-ring (bicyclic) bond motifs is 2. The Hall–Kier alpha value is -2.34. The number of hydrogen-bond donors (Lipinski definition) is 0. The van der Waals surface area contributed by atoms with Gasteiger partial charge < -0.3 is 14.2 Å². The van der Waals surface area contributed by atoms with Gasteiger partial charge in [-0.2, -0.15) is 0 Å². The minimum absolute atomic E-state index is 0.377. The second kappa shape index (κ2) is 5.21. The molecule has 0 aliphatic rings. The van der Waals surface area contributed by atoms with Gasteiger partial charge in [0.05, 0.1) is 26.0 Å². The molecule has 0 bridgehead atoms. The Labute approximate surface area is 125 Å². The first-order valence-electron chi connectivity index (χ1n) is 6.21. The number of rotatable bonds is 3. The number of methoxy groups -OCH3 is 3. The van der Waals surface area contributed by atoms with Crippen LogP contribution in [0.15, 0.2) is 24.4 Å². The lowest BCUT2D eigenvalue weighted by Gasteiger charge is -2.10. The van der Waals surface area contributed by atoms with Gasteiger partial charge in [-0.25, -0.2) is 4.79 Å². The molecule has 0 atom stereocenters. The molecule has 3 rings (SSSR count). The largest absolute Gasteiger partial charge is 0.495 e. The number of nitrogens with zero attached hydrogens (tertiary/aromatic N) is 1. The number of esters is 1. The highest BCUT2D eigenvalue weighted by atomic mass is 32.1. The number of hydrogen-bond acceptors (Lipinski definition) is 6. The second-order valence-electron chi connectivity index (χ2n) is 4.31. The third kappa shape index (κ3) is 1.99. The van der Waals surface area contributed by atoms with Crippen molar-refractivity contribution in [3.8, 4) is 11.5 Å². The van der Waals surface area contributed by atoms with E-state index in [0.717, 1.165) is 15.5 Å². The van der Waals surface area contributed by atoms with E-state index >= 15 is 0 Å². The van der Waals surface area contributed by atoms with Crippen molar-refractivity contribution < 1.29 is 19.0 Å². The molecule has 0 spiro atoms. The molecule has 108 valence electrons. The van der Waals surface area contributed by atoms with Crippen molar-refractivity contribution in [2.24, 2.45) is 0 Å². The van der Waals surface area contributed by atoms with Crippen LogP contribution in [0.5, 0.6) is 11.5 Å². The molecule has 0 unspecified atom stereocenters. The quantitative estimate of drug-likeness (QED) is 0.695. The summed E-state index contributed by atoms with van der Waals surface area (Å²) in [7, 11) is 4.55. The van der Waals surface area contributed by atoms with Gasteiger partial charge in [0.2, 0.25) is 0 Å². The first-order chi connectivity index (χ1) is 10.2. The van der Waals surface area contributed by atoms with Crippen LogP contribution in [0.3, 0.4) is 0 Å². The number of carbonyl (C=O) groups excluding carboxylic acids is 1. The molecule has 21 heavy (non-hydrogen) atoms. The normalized spacial score (nSPS) is 10.8. The number of aromatic nitrogens is 1. The zero-order valence-corrected chi connectivity index (χ0v) is 12.6. The predicted molar refractivity (Wildman–Crippen MR) is 81.6 cm³/mol. The topological polar surface area (TPSA) is 57.7 Å². The molecule has 6 heteroatoms. The van der Waals surface area contributed by atoms with Crippen molar-refractivity contribution in [3.05, 3.63) is 29.3 Å². The highest BCUT2D eigenvalue weighted by Gasteiger charge is 2.21. The van der Waals surface area contributed by atoms with Gasteiger partial charge in [-0.1, -0.05) is 0 Å². The zero-order valence-electron chi connectivity index (χ0n) is 11.8. The Kier molecular flexibility index (Phi) is 3.39. The lowest BCUT2D eigenvalue weighted by atomic mass is 10.1. The zero-order chi connectivity index (χ0) is 15.0. The summed E-state index contributed by atoms with van der Waals surface area (Å²) in [5.41, 5.74) is 0.707. The number of carbonyl (C=O) groups is 1. The first-order valence-corrected chi connectivity index (χ1v) is 7.03. The number of pyridine rings is 1. The van der Waals surface area contributed by atoms with E-state index < -0.39 is 0 Å². The van der Waals surface area contributed by atoms with Crippen molar-refractivity contribution in [1.82, 2.24) is 4.98 Å². The summed E-state index contributed by atoms with van der Waals surface area (Å²) in [6.07, 6.45) is 1.70. The average molecular weight is 303 g/mol.